The number of thioether (sulfide) groups is 1. The second kappa shape index (κ2) is 10.9. The summed E-state index contributed by atoms with van der Waals surface area (Å²) in [7, 11) is 0. The van der Waals surface area contributed by atoms with Crippen LogP contribution in [0.2, 0.25) is 0 Å². The average Bonchev–Trinajstić information content (AvgIpc) is 3.63. The molecule has 3 aromatic carbocycles. The highest BCUT2D eigenvalue weighted by atomic mass is 32.2. The molecule has 0 radical (unpaired) electrons. The van der Waals surface area contributed by atoms with Gasteiger partial charge in [-0.3, -0.25) is 4.99 Å². The number of aryl methyl sites for hydroxylation is 2. The normalized spacial score (nSPS) is 17.1. The van der Waals surface area contributed by atoms with Crippen molar-refractivity contribution >= 4 is 62.3 Å². The highest BCUT2D eigenvalue weighted by Crippen LogP contribution is 2.45. The fourth-order valence-corrected chi connectivity index (χ4v) is 7.90. The minimum absolute atomic E-state index is 0.867. The third-order valence-electron chi connectivity index (χ3n) is 7.45. The van der Waals surface area contributed by atoms with Gasteiger partial charge >= 0.3 is 0 Å². The Kier molecular flexibility index (Phi) is 6.85. The Morgan fingerprint density at radius 3 is 2.85 bits per heavy atom. The number of nitrogens with one attached hydrogen (secondary N) is 2. The van der Waals surface area contributed by atoms with E-state index < -0.39 is 0 Å². The van der Waals surface area contributed by atoms with Crippen LogP contribution in [0.1, 0.15) is 29.0 Å². The maximum absolute atomic E-state index is 4.45. The second-order valence-electron chi connectivity index (χ2n) is 10.0. The summed E-state index contributed by atoms with van der Waals surface area (Å²) in [6.45, 7) is 3.81. The largest absolute Gasteiger partial charge is 0.356 e. The summed E-state index contributed by atoms with van der Waals surface area (Å²) < 4.78 is 3.94. The smallest absolute Gasteiger partial charge is 0.263 e. The zero-order valence-corrected chi connectivity index (χ0v) is 23.5. The third-order valence-corrected chi connectivity index (χ3v) is 9.63. The van der Waals surface area contributed by atoms with Gasteiger partial charge in [-0.15, -0.1) is 11.8 Å². The van der Waals surface area contributed by atoms with E-state index >= 15 is 0 Å². The SMILES string of the molecule is C1=C(SCCCNC2=NCCN2)N(c2ccccc2)c2ccccc2/C1=C/c1sc2cccc3c2[n+]1CCC3. The van der Waals surface area contributed by atoms with Gasteiger partial charge in [0.1, 0.15) is 4.70 Å². The van der Waals surface area contributed by atoms with Crippen LogP contribution in [0.5, 0.6) is 0 Å². The number of nitrogens with zero attached hydrogens (tertiary/aromatic N) is 3. The first-order valence-corrected chi connectivity index (χ1v) is 15.6. The Labute approximate surface area is 238 Å². The summed E-state index contributed by atoms with van der Waals surface area (Å²) in [6.07, 6.45) is 8.27. The van der Waals surface area contributed by atoms with Gasteiger partial charge in [0, 0.05) is 48.2 Å². The van der Waals surface area contributed by atoms with E-state index in [0.29, 0.717) is 0 Å². The molecule has 0 unspecified atom stereocenters. The number of guanidine groups is 1. The molecule has 0 amide bonds. The van der Waals surface area contributed by atoms with Crippen molar-refractivity contribution in [2.75, 3.05) is 30.3 Å². The molecule has 4 heterocycles. The van der Waals surface area contributed by atoms with Crippen LogP contribution >= 0.6 is 23.1 Å². The lowest BCUT2D eigenvalue weighted by molar-refractivity contribution is -0.671. The van der Waals surface area contributed by atoms with Crippen molar-refractivity contribution in [3.05, 3.63) is 100 Å². The zero-order valence-electron chi connectivity index (χ0n) is 21.9. The molecule has 2 N–H and O–H groups in total. The lowest BCUT2D eigenvalue weighted by atomic mass is 9.99. The van der Waals surface area contributed by atoms with Crippen LogP contribution in [0.25, 0.3) is 21.9 Å². The molecule has 7 rings (SSSR count). The van der Waals surface area contributed by atoms with Crippen LogP contribution in [0.3, 0.4) is 0 Å². The van der Waals surface area contributed by atoms with E-state index in [1.165, 1.54) is 61.2 Å². The molecule has 7 heteroatoms. The van der Waals surface area contributed by atoms with Gasteiger partial charge in [-0.1, -0.05) is 59.9 Å². The predicted octanol–water partition coefficient (Wildman–Crippen LogP) is 6.34. The number of para-hydroxylation sites is 3. The number of aromatic nitrogens is 1. The van der Waals surface area contributed by atoms with Crippen molar-refractivity contribution in [3.63, 3.8) is 0 Å². The summed E-state index contributed by atoms with van der Waals surface area (Å²) in [4.78, 5) is 6.87. The molecule has 0 spiro atoms. The summed E-state index contributed by atoms with van der Waals surface area (Å²) >= 11 is 3.85. The van der Waals surface area contributed by atoms with Crippen molar-refractivity contribution in [1.29, 1.82) is 0 Å². The van der Waals surface area contributed by atoms with Crippen LogP contribution in [-0.4, -0.2) is 31.3 Å². The van der Waals surface area contributed by atoms with Gasteiger partial charge in [0.15, 0.2) is 12.5 Å². The number of allylic oxidation sites excluding steroid dienone is 2. The van der Waals surface area contributed by atoms with Crippen LogP contribution in [-0.2, 0) is 13.0 Å². The predicted molar refractivity (Wildman–Crippen MR) is 167 cm³/mol. The molecule has 196 valence electrons. The molecule has 3 aliphatic rings. The molecular formula is C32H32N5S2+. The van der Waals surface area contributed by atoms with Gasteiger partial charge in [-0.05, 0) is 48.8 Å². The van der Waals surface area contributed by atoms with Gasteiger partial charge in [0.05, 0.1) is 17.3 Å². The monoisotopic (exact) mass is 550 g/mol. The van der Waals surface area contributed by atoms with Crippen molar-refractivity contribution in [3.8, 4) is 0 Å². The lowest BCUT2D eigenvalue weighted by Gasteiger charge is -2.33. The molecule has 5 nitrogen and oxygen atoms in total. The van der Waals surface area contributed by atoms with Crippen LogP contribution < -0.4 is 20.1 Å². The molecule has 0 aliphatic carbocycles. The first-order valence-electron chi connectivity index (χ1n) is 13.8. The van der Waals surface area contributed by atoms with Crippen LogP contribution in [0, 0.1) is 0 Å². The highest BCUT2D eigenvalue weighted by Gasteiger charge is 2.28. The number of aliphatic imine (C=N–C) groups is 1. The molecule has 1 aromatic heterocycles. The Morgan fingerprint density at radius 2 is 1.95 bits per heavy atom. The molecule has 0 bridgehead atoms. The highest BCUT2D eigenvalue weighted by molar-refractivity contribution is 8.03. The lowest BCUT2D eigenvalue weighted by Crippen LogP contribution is -2.38. The molecular weight excluding hydrogens is 519 g/mol. The van der Waals surface area contributed by atoms with Gasteiger partial charge in [-0.2, -0.15) is 4.57 Å². The third kappa shape index (κ3) is 4.85. The molecule has 0 atom stereocenters. The van der Waals surface area contributed by atoms with E-state index in [0.717, 1.165) is 44.3 Å². The molecule has 4 aromatic rings. The number of hydrogen-bond donors (Lipinski definition) is 2. The number of anilines is 2. The first kappa shape index (κ1) is 24.5. The van der Waals surface area contributed by atoms with Gasteiger partial charge in [0.25, 0.3) is 5.01 Å². The topological polar surface area (TPSA) is 43.5 Å². The average molecular weight is 551 g/mol. The summed E-state index contributed by atoms with van der Waals surface area (Å²) in [6, 6.07) is 26.4. The van der Waals surface area contributed by atoms with Crippen molar-refractivity contribution < 1.29 is 4.57 Å². The number of hydrogen-bond acceptors (Lipinski definition) is 6. The zero-order chi connectivity index (χ0) is 26.0. The molecule has 0 saturated heterocycles. The van der Waals surface area contributed by atoms with Crippen LogP contribution in [0.15, 0.2) is 88.9 Å². The first-order chi connectivity index (χ1) is 19.3. The Bertz CT molecular complexity index is 1600. The quantitative estimate of drug-likeness (QED) is 0.208. The van der Waals surface area contributed by atoms with Gasteiger partial charge in [-0.25, -0.2) is 0 Å². The fraction of sp³-hybridized carbons (Fsp3) is 0.250. The van der Waals surface area contributed by atoms with Gasteiger partial charge < -0.3 is 15.5 Å². The second-order valence-corrected chi connectivity index (χ2v) is 12.2. The van der Waals surface area contributed by atoms with E-state index in [1.807, 2.05) is 23.1 Å². The number of thiazole rings is 1. The van der Waals surface area contributed by atoms with E-state index in [2.05, 4.69) is 110 Å². The summed E-state index contributed by atoms with van der Waals surface area (Å²) in [5.74, 6) is 1.96. The van der Waals surface area contributed by atoms with Crippen molar-refractivity contribution in [2.45, 2.75) is 25.8 Å². The summed E-state index contributed by atoms with van der Waals surface area (Å²) in [5.41, 5.74) is 7.91. The maximum atomic E-state index is 4.45. The minimum Gasteiger partial charge on any atom is -0.356 e. The van der Waals surface area contributed by atoms with Crippen LogP contribution in [0.4, 0.5) is 11.4 Å². The van der Waals surface area contributed by atoms with Crippen molar-refractivity contribution in [2.24, 2.45) is 4.99 Å². The standard InChI is InChI=1S/C32H32N5S2/c1-2-11-25(12-3-1)37-27-14-5-4-13-26(27)24(22-30(37)38-20-8-16-33-32-34-17-18-35-32)21-29-36-19-7-10-23-9-6-15-28(39-29)31(23)36/h1-6,9,11-15,21-22H,7-8,10,16-20H2,(H2,33,34,35)/q+1. The number of rotatable bonds is 7. The maximum Gasteiger partial charge on any atom is 0.263 e. The summed E-state index contributed by atoms with van der Waals surface area (Å²) in [5, 5.41) is 9.33. The molecule has 0 saturated carbocycles. The number of fused-ring (bicyclic) bond motifs is 1. The Balaban J connectivity index is 1.25. The van der Waals surface area contributed by atoms with Crippen molar-refractivity contribution in [1.82, 2.24) is 10.6 Å². The minimum atomic E-state index is 0.867. The molecule has 0 fully saturated rings. The molecule has 3 aliphatic heterocycles. The van der Waals surface area contributed by atoms with E-state index in [4.69, 9.17) is 0 Å². The fourth-order valence-electron chi connectivity index (χ4n) is 5.67. The van der Waals surface area contributed by atoms with E-state index in [-0.39, 0.29) is 0 Å². The Morgan fingerprint density at radius 1 is 1.05 bits per heavy atom. The van der Waals surface area contributed by atoms with Gasteiger partial charge in [0.2, 0.25) is 5.52 Å². The number of benzene rings is 3. The van der Waals surface area contributed by atoms with E-state index in [1.54, 1.807) is 0 Å². The van der Waals surface area contributed by atoms with E-state index in [9.17, 15) is 0 Å². The Hall–Kier alpha value is -3.55. The molecule has 39 heavy (non-hydrogen) atoms.